The van der Waals surface area contributed by atoms with Gasteiger partial charge in [-0.15, -0.1) is 0 Å². The minimum atomic E-state index is -0.626. The van der Waals surface area contributed by atoms with E-state index in [2.05, 4.69) is 0 Å². The van der Waals surface area contributed by atoms with Crippen molar-refractivity contribution in [2.75, 3.05) is 17.2 Å². The van der Waals surface area contributed by atoms with Crippen molar-refractivity contribution in [1.82, 2.24) is 0 Å². The van der Waals surface area contributed by atoms with E-state index in [1.807, 2.05) is 48.5 Å². The van der Waals surface area contributed by atoms with Gasteiger partial charge in [0, 0.05) is 12.1 Å². The molecule has 0 heterocycles. The normalized spacial score (nSPS) is 10.6. The Bertz CT molecular complexity index is 739. The highest BCUT2D eigenvalue weighted by molar-refractivity contribution is 5.53. The maximum Gasteiger partial charge on any atom is 0.245 e. The molecule has 6 N–H and O–H groups in total. The molecule has 5 nitrogen and oxygen atoms in total. The first-order valence-corrected chi connectivity index (χ1v) is 7.99. The third-order valence-electron chi connectivity index (χ3n) is 3.80. The van der Waals surface area contributed by atoms with Gasteiger partial charge in [-0.05, 0) is 35.9 Å². The SMILES string of the molecule is Nc1ccccc1CC(Oc1ccccc1N)Oc1ccccc1N. The number of ether oxygens (including phenoxy) is 2. The molecule has 0 radical (unpaired) electrons. The molecule has 0 saturated carbocycles. The lowest BCUT2D eigenvalue weighted by Crippen LogP contribution is -2.27. The third kappa shape index (κ3) is 4.14. The molecule has 0 unspecified atom stereocenters. The van der Waals surface area contributed by atoms with Crippen LogP contribution in [0.5, 0.6) is 11.5 Å². The summed E-state index contributed by atoms with van der Waals surface area (Å²) in [5, 5.41) is 0. The van der Waals surface area contributed by atoms with Gasteiger partial charge >= 0.3 is 0 Å². The van der Waals surface area contributed by atoms with Crippen LogP contribution in [0.25, 0.3) is 0 Å². The molecule has 0 spiro atoms. The number of hydrogen-bond donors (Lipinski definition) is 3. The number of para-hydroxylation sites is 5. The number of benzene rings is 3. The van der Waals surface area contributed by atoms with Crippen molar-refractivity contribution >= 4 is 17.1 Å². The maximum atomic E-state index is 6.05. The van der Waals surface area contributed by atoms with Crippen LogP contribution in [0.1, 0.15) is 5.56 Å². The summed E-state index contributed by atoms with van der Waals surface area (Å²) in [6.07, 6.45) is -0.172. The van der Waals surface area contributed by atoms with E-state index in [0.717, 1.165) is 5.56 Å². The van der Waals surface area contributed by atoms with E-state index in [1.165, 1.54) is 0 Å². The fraction of sp³-hybridized carbons (Fsp3) is 0.100. The van der Waals surface area contributed by atoms with Gasteiger partial charge in [-0.3, -0.25) is 0 Å². The van der Waals surface area contributed by atoms with Gasteiger partial charge < -0.3 is 26.7 Å². The van der Waals surface area contributed by atoms with Crippen LogP contribution in [-0.4, -0.2) is 6.29 Å². The zero-order chi connectivity index (χ0) is 17.6. The van der Waals surface area contributed by atoms with E-state index < -0.39 is 6.29 Å². The predicted octanol–water partition coefficient (Wildman–Crippen LogP) is 3.46. The van der Waals surface area contributed by atoms with Gasteiger partial charge in [0.25, 0.3) is 0 Å². The van der Waals surface area contributed by atoms with Crippen LogP contribution in [0.15, 0.2) is 72.8 Å². The molecule has 0 amide bonds. The Morgan fingerprint density at radius 2 is 1.04 bits per heavy atom. The fourth-order valence-corrected chi connectivity index (χ4v) is 2.47. The van der Waals surface area contributed by atoms with Crippen molar-refractivity contribution in [2.45, 2.75) is 12.7 Å². The lowest BCUT2D eigenvalue weighted by atomic mass is 10.1. The maximum absolute atomic E-state index is 6.05. The fourth-order valence-electron chi connectivity index (χ4n) is 2.47. The van der Waals surface area contributed by atoms with Crippen molar-refractivity contribution < 1.29 is 9.47 Å². The van der Waals surface area contributed by atoms with Gasteiger partial charge in [-0.1, -0.05) is 42.5 Å². The second kappa shape index (κ2) is 7.49. The van der Waals surface area contributed by atoms with Crippen LogP contribution in [0, 0.1) is 0 Å². The molecule has 5 heteroatoms. The number of anilines is 3. The van der Waals surface area contributed by atoms with Crippen molar-refractivity contribution in [1.29, 1.82) is 0 Å². The first-order valence-electron chi connectivity index (χ1n) is 7.99. The standard InChI is InChI=1S/C20H21N3O2/c21-15-8-2-1-7-14(15)13-20(24-18-11-5-3-9-16(18)22)25-19-12-6-4-10-17(19)23/h1-12,20H,13,21-23H2. The number of rotatable bonds is 6. The summed E-state index contributed by atoms with van der Waals surface area (Å²) in [4.78, 5) is 0. The van der Waals surface area contributed by atoms with E-state index in [-0.39, 0.29) is 0 Å². The van der Waals surface area contributed by atoms with Crippen LogP contribution in [0.2, 0.25) is 0 Å². The number of hydrogen-bond acceptors (Lipinski definition) is 5. The highest BCUT2D eigenvalue weighted by Gasteiger charge is 2.17. The Morgan fingerprint density at radius 1 is 0.600 bits per heavy atom. The minimum Gasteiger partial charge on any atom is -0.452 e. The first-order chi connectivity index (χ1) is 12.1. The lowest BCUT2D eigenvalue weighted by molar-refractivity contribution is 0.00792. The summed E-state index contributed by atoms with van der Waals surface area (Å²) in [6.45, 7) is 0. The average Bonchev–Trinajstić information content (AvgIpc) is 2.61. The molecule has 3 aromatic carbocycles. The summed E-state index contributed by atoms with van der Waals surface area (Å²) in [5.41, 5.74) is 20.7. The van der Waals surface area contributed by atoms with Crippen LogP contribution in [0.4, 0.5) is 17.1 Å². The van der Waals surface area contributed by atoms with Crippen molar-refractivity contribution in [2.24, 2.45) is 0 Å². The highest BCUT2D eigenvalue weighted by atomic mass is 16.7. The number of nitrogen functional groups attached to an aromatic ring is 3. The van der Waals surface area contributed by atoms with Crippen LogP contribution in [0.3, 0.4) is 0 Å². The molecule has 3 rings (SSSR count). The monoisotopic (exact) mass is 335 g/mol. The van der Waals surface area contributed by atoms with Gasteiger partial charge in [0.15, 0.2) is 0 Å². The van der Waals surface area contributed by atoms with Crippen molar-refractivity contribution in [3.05, 3.63) is 78.4 Å². The molecule has 0 atom stereocenters. The summed E-state index contributed by atoms with van der Waals surface area (Å²) in [5.74, 6) is 1.10. The van der Waals surface area contributed by atoms with Gasteiger partial charge in [0.05, 0.1) is 11.4 Å². The Balaban J connectivity index is 1.86. The summed E-state index contributed by atoms with van der Waals surface area (Å²) in [7, 11) is 0. The molecule has 0 bridgehead atoms. The Hall–Kier alpha value is -3.34. The smallest absolute Gasteiger partial charge is 0.245 e. The van der Waals surface area contributed by atoms with Crippen LogP contribution < -0.4 is 26.7 Å². The second-order valence-corrected chi connectivity index (χ2v) is 5.64. The molecule has 128 valence electrons. The molecule has 0 aliphatic rings. The molecule has 0 aromatic heterocycles. The quantitative estimate of drug-likeness (QED) is 0.473. The summed E-state index contributed by atoms with van der Waals surface area (Å²) in [6, 6.07) is 22.2. The van der Waals surface area contributed by atoms with Crippen molar-refractivity contribution in [3.63, 3.8) is 0 Å². The zero-order valence-corrected chi connectivity index (χ0v) is 13.8. The van der Waals surface area contributed by atoms with E-state index in [4.69, 9.17) is 26.7 Å². The lowest BCUT2D eigenvalue weighted by Gasteiger charge is -2.22. The van der Waals surface area contributed by atoms with Gasteiger partial charge in [-0.25, -0.2) is 0 Å². The number of nitrogens with two attached hydrogens (primary N) is 3. The predicted molar refractivity (Wildman–Crippen MR) is 101 cm³/mol. The van der Waals surface area contributed by atoms with Crippen molar-refractivity contribution in [3.8, 4) is 11.5 Å². The molecular weight excluding hydrogens is 314 g/mol. The van der Waals surface area contributed by atoms with Crippen LogP contribution in [-0.2, 0) is 6.42 Å². The van der Waals surface area contributed by atoms with Gasteiger partial charge in [0.1, 0.15) is 11.5 Å². The van der Waals surface area contributed by atoms with E-state index in [9.17, 15) is 0 Å². The Morgan fingerprint density at radius 3 is 1.52 bits per heavy atom. The van der Waals surface area contributed by atoms with E-state index >= 15 is 0 Å². The summed E-state index contributed by atoms with van der Waals surface area (Å²) < 4.78 is 12.0. The molecule has 0 fully saturated rings. The first kappa shape index (κ1) is 16.5. The minimum absolute atomic E-state index is 0.454. The van der Waals surface area contributed by atoms with Gasteiger partial charge in [-0.2, -0.15) is 0 Å². The topological polar surface area (TPSA) is 96.5 Å². The molecule has 0 aliphatic carbocycles. The average molecular weight is 335 g/mol. The molecule has 0 saturated heterocycles. The Kier molecular flexibility index (Phi) is 4.95. The zero-order valence-electron chi connectivity index (χ0n) is 13.8. The molecule has 3 aromatic rings. The van der Waals surface area contributed by atoms with E-state index in [0.29, 0.717) is 35.0 Å². The molecule has 0 aliphatic heterocycles. The Labute approximate surface area is 147 Å². The van der Waals surface area contributed by atoms with E-state index in [1.54, 1.807) is 24.3 Å². The second-order valence-electron chi connectivity index (χ2n) is 5.64. The highest BCUT2D eigenvalue weighted by Crippen LogP contribution is 2.27. The summed E-state index contributed by atoms with van der Waals surface area (Å²) >= 11 is 0. The molecule has 25 heavy (non-hydrogen) atoms. The molecular formula is C20H21N3O2. The van der Waals surface area contributed by atoms with Gasteiger partial charge in [0.2, 0.25) is 6.29 Å². The third-order valence-corrected chi connectivity index (χ3v) is 3.80. The van der Waals surface area contributed by atoms with Crippen LogP contribution >= 0.6 is 0 Å². The largest absolute Gasteiger partial charge is 0.452 e.